The van der Waals surface area contributed by atoms with Gasteiger partial charge in [-0.1, -0.05) is 0 Å². The molecule has 0 spiro atoms. The van der Waals surface area contributed by atoms with Crippen molar-refractivity contribution in [2.45, 2.75) is 6.42 Å². The number of hydrogen-bond acceptors (Lipinski definition) is 5. The summed E-state index contributed by atoms with van der Waals surface area (Å²) in [7, 11) is 0. The van der Waals surface area contributed by atoms with E-state index in [-0.39, 0.29) is 29.9 Å². The number of piperazine rings is 1. The van der Waals surface area contributed by atoms with E-state index >= 15 is 0 Å². The van der Waals surface area contributed by atoms with Gasteiger partial charge >= 0.3 is 0 Å². The van der Waals surface area contributed by atoms with E-state index in [1.165, 1.54) is 24.3 Å². The summed E-state index contributed by atoms with van der Waals surface area (Å²) in [5, 5.41) is 10.6. The third-order valence-electron chi connectivity index (χ3n) is 3.60. The molecule has 2 amide bonds. The van der Waals surface area contributed by atoms with Crippen LogP contribution in [0.2, 0.25) is 0 Å². The minimum absolute atomic E-state index is 0. The predicted octanol–water partition coefficient (Wildman–Crippen LogP) is 0.650. The van der Waals surface area contributed by atoms with Gasteiger partial charge in [0.15, 0.2) is 0 Å². The van der Waals surface area contributed by atoms with E-state index < -0.39 is 4.92 Å². The van der Waals surface area contributed by atoms with Crippen LogP contribution in [-0.4, -0.2) is 59.3 Å². The predicted molar refractivity (Wildman–Crippen MR) is 86.5 cm³/mol. The van der Waals surface area contributed by atoms with Crippen molar-refractivity contribution >= 4 is 29.9 Å². The quantitative estimate of drug-likeness (QED) is 0.638. The number of nitro benzene ring substituents is 1. The minimum atomic E-state index is -0.504. The molecular weight excluding hydrogens is 324 g/mol. The molecule has 1 aliphatic heterocycles. The molecule has 1 aromatic rings. The van der Waals surface area contributed by atoms with Crippen LogP contribution < -0.4 is 5.73 Å². The number of nitro groups is 1. The summed E-state index contributed by atoms with van der Waals surface area (Å²) in [4.78, 5) is 37.5. The number of carbonyl (C=O) groups is 2. The molecule has 23 heavy (non-hydrogen) atoms. The second-order valence-electron chi connectivity index (χ2n) is 5.02. The first-order valence-electron chi connectivity index (χ1n) is 7.04. The molecule has 1 saturated heterocycles. The maximum Gasteiger partial charge on any atom is 0.269 e. The van der Waals surface area contributed by atoms with Gasteiger partial charge in [-0.05, 0) is 12.1 Å². The van der Waals surface area contributed by atoms with Gasteiger partial charge in [0.25, 0.3) is 11.6 Å². The van der Waals surface area contributed by atoms with Crippen LogP contribution in [0.25, 0.3) is 0 Å². The summed E-state index contributed by atoms with van der Waals surface area (Å²) in [5.74, 6) is -0.175. The van der Waals surface area contributed by atoms with Crippen LogP contribution in [0.3, 0.4) is 0 Å². The SMILES string of the molecule is Cl.NCCC(=O)N1CCN(C(=O)c2ccc([N+](=O)[O-])cc2)CC1. The van der Waals surface area contributed by atoms with E-state index in [0.29, 0.717) is 44.7 Å². The Morgan fingerprint density at radius 1 is 1.09 bits per heavy atom. The molecule has 9 heteroatoms. The lowest BCUT2D eigenvalue weighted by Gasteiger charge is -2.34. The van der Waals surface area contributed by atoms with Gasteiger partial charge in [-0.2, -0.15) is 0 Å². The van der Waals surface area contributed by atoms with E-state index in [4.69, 9.17) is 5.73 Å². The zero-order valence-electron chi connectivity index (χ0n) is 12.5. The fourth-order valence-electron chi connectivity index (χ4n) is 2.35. The first-order valence-corrected chi connectivity index (χ1v) is 7.04. The van der Waals surface area contributed by atoms with Crippen LogP contribution in [0, 0.1) is 10.1 Å². The molecule has 0 bridgehead atoms. The Hall–Kier alpha value is -2.19. The van der Waals surface area contributed by atoms with Crippen LogP contribution in [0.4, 0.5) is 5.69 Å². The van der Waals surface area contributed by atoms with Crippen molar-refractivity contribution < 1.29 is 14.5 Å². The molecule has 2 rings (SSSR count). The minimum Gasteiger partial charge on any atom is -0.339 e. The highest BCUT2D eigenvalue weighted by Crippen LogP contribution is 2.14. The molecule has 1 fully saturated rings. The molecule has 0 saturated carbocycles. The molecule has 2 N–H and O–H groups in total. The molecule has 0 unspecified atom stereocenters. The number of benzene rings is 1. The lowest BCUT2D eigenvalue weighted by Crippen LogP contribution is -2.50. The third-order valence-corrected chi connectivity index (χ3v) is 3.60. The first-order chi connectivity index (χ1) is 10.5. The van der Waals surface area contributed by atoms with Crippen LogP contribution >= 0.6 is 12.4 Å². The zero-order valence-corrected chi connectivity index (χ0v) is 13.3. The Morgan fingerprint density at radius 3 is 2.09 bits per heavy atom. The van der Waals surface area contributed by atoms with Crippen LogP contribution in [-0.2, 0) is 4.79 Å². The lowest BCUT2D eigenvalue weighted by molar-refractivity contribution is -0.384. The average molecular weight is 343 g/mol. The van der Waals surface area contributed by atoms with Gasteiger partial charge in [-0.15, -0.1) is 12.4 Å². The Balaban J connectivity index is 0.00000264. The number of halogens is 1. The summed E-state index contributed by atoms with van der Waals surface area (Å²) in [6.45, 7) is 2.19. The summed E-state index contributed by atoms with van der Waals surface area (Å²) in [5.41, 5.74) is 5.72. The third kappa shape index (κ3) is 4.64. The largest absolute Gasteiger partial charge is 0.339 e. The number of nitrogens with zero attached hydrogens (tertiary/aromatic N) is 3. The summed E-state index contributed by atoms with van der Waals surface area (Å²) < 4.78 is 0. The molecule has 0 radical (unpaired) electrons. The molecule has 0 aromatic heterocycles. The van der Waals surface area contributed by atoms with E-state index in [9.17, 15) is 19.7 Å². The topological polar surface area (TPSA) is 110 Å². The van der Waals surface area contributed by atoms with Crippen molar-refractivity contribution in [3.8, 4) is 0 Å². The highest BCUT2D eigenvalue weighted by atomic mass is 35.5. The molecule has 0 aliphatic carbocycles. The second-order valence-corrected chi connectivity index (χ2v) is 5.02. The maximum atomic E-state index is 12.3. The summed E-state index contributed by atoms with van der Waals surface area (Å²) in [6.07, 6.45) is 0.316. The molecule has 1 aliphatic rings. The molecule has 126 valence electrons. The molecular formula is C14H19ClN4O4. The van der Waals surface area contributed by atoms with Gasteiger partial charge in [0.1, 0.15) is 0 Å². The van der Waals surface area contributed by atoms with Gasteiger partial charge in [-0.25, -0.2) is 0 Å². The van der Waals surface area contributed by atoms with Crippen molar-refractivity contribution in [2.24, 2.45) is 5.73 Å². The molecule has 1 aromatic carbocycles. The standard InChI is InChI=1S/C14H18N4O4.ClH/c15-6-5-13(19)16-7-9-17(10-8-16)14(20)11-1-3-12(4-2-11)18(21)22;/h1-4H,5-10,15H2;1H. The maximum absolute atomic E-state index is 12.3. The first kappa shape index (κ1) is 18.9. The van der Waals surface area contributed by atoms with Crippen molar-refractivity contribution in [1.82, 2.24) is 9.80 Å². The fourth-order valence-corrected chi connectivity index (χ4v) is 2.35. The molecule has 0 atom stereocenters. The number of rotatable bonds is 4. The Morgan fingerprint density at radius 2 is 1.61 bits per heavy atom. The van der Waals surface area contributed by atoms with Crippen LogP contribution in [0.5, 0.6) is 0 Å². The van der Waals surface area contributed by atoms with Crippen molar-refractivity contribution in [3.05, 3.63) is 39.9 Å². The van der Waals surface area contributed by atoms with E-state index in [1.807, 2.05) is 0 Å². The van der Waals surface area contributed by atoms with Crippen molar-refractivity contribution in [3.63, 3.8) is 0 Å². The summed E-state index contributed by atoms with van der Waals surface area (Å²) in [6, 6.07) is 5.53. The normalized spacial score (nSPS) is 14.1. The number of carbonyl (C=O) groups excluding carboxylic acids is 2. The number of hydrogen-bond donors (Lipinski definition) is 1. The Bertz CT molecular complexity index is 571. The van der Waals surface area contributed by atoms with Gasteiger partial charge in [-0.3, -0.25) is 19.7 Å². The van der Waals surface area contributed by atoms with Gasteiger partial charge in [0.05, 0.1) is 4.92 Å². The second kappa shape index (κ2) is 8.44. The summed E-state index contributed by atoms with van der Waals surface area (Å²) >= 11 is 0. The highest BCUT2D eigenvalue weighted by molar-refractivity contribution is 5.94. The average Bonchev–Trinajstić information content (AvgIpc) is 2.54. The number of amides is 2. The Labute approximate surface area is 139 Å². The van der Waals surface area contributed by atoms with Gasteiger partial charge < -0.3 is 15.5 Å². The van der Waals surface area contributed by atoms with E-state index in [1.54, 1.807) is 9.80 Å². The van der Waals surface area contributed by atoms with Crippen molar-refractivity contribution in [1.29, 1.82) is 0 Å². The van der Waals surface area contributed by atoms with E-state index in [2.05, 4.69) is 0 Å². The Kier molecular flexibility index (Phi) is 6.92. The van der Waals surface area contributed by atoms with Gasteiger partial charge in [0, 0.05) is 56.8 Å². The molecule has 1 heterocycles. The molecule has 8 nitrogen and oxygen atoms in total. The zero-order chi connectivity index (χ0) is 16.1. The monoisotopic (exact) mass is 342 g/mol. The lowest BCUT2D eigenvalue weighted by atomic mass is 10.1. The van der Waals surface area contributed by atoms with Crippen LogP contribution in [0.1, 0.15) is 16.8 Å². The fraction of sp³-hybridized carbons (Fsp3) is 0.429. The van der Waals surface area contributed by atoms with E-state index in [0.717, 1.165) is 0 Å². The number of nitrogens with two attached hydrogens (primary N) is 1. The van der Waals surface area contributed by atoms with Crippen LogP contribution in [0.15, 0.2) is 24.3 Å². The number of non-ortho nitro benzene ring substituents is 1. The highest BCUT2D eigenvalue weighted by Gasteiger charge is 2.24. The smallest absolute Gasteiger partial charge is 0.269 e. The van der Waals surface area contributed by atoms with Crippen molar-refractivity contribution in [2.75, 3.05) is 32.7 Å². The van der Waals surface area contributed by atoms with Gasteiger partial charge in [0.2, 0.25) is 5.91 Å².